The summed E-state index contributed by atoms with van der Waals surface area (Å²) in [5.41, 5.74) is 3.97. The van der Waals surface area contributed by atoms with Gasteiger partial charge in [-0.25, -0.2) is 0 Å². The molecule has 0 bridgehead atoms. The lowest BCUT2D eigenvalue weighted by Gasteiger charge is -2.08. The third-order valence-corrected chi connectivity index (χ3v) is 2.29. The molecule has 0 unspecified atom stereocenters. The minimum atomic E-state index is -1.11. The molecule has 0 aromatic heterocycles. The van der Waals surface area contributed by atoms with Gasteiger partial charge in [-0.15, -0.1) is 6.58 Å². The lowest BCUT2D eigenvalue weighted by Crippen LogP contribution is -2.34. The molecule has 0 aromatic rings. The first-order valence-corrected chi connectivity index (χ1v) is 3.60. The second-order valence-electron chi connectivity index (χ2n) is 2.87. The fraction of sp³-hybridized carbons (Fsp3) is 0.500. The maximum Gasteiger partial charge on any atom is 0.321 e. The number of nitrogens with two attached hydrogens (primary N) is 1. The Morgan fingerprint density at radius 2 is 2.33 bits per heavy atom. The zero-order chi connectivity index (χ0) is 9.35. The third kappa shape index (κ3) is 0.913. The number of hydrogen-bond donors (Lipinski definition) is 1. The summed E-state index contributed by atoms with van der Waals surface area (Å²) in [6, 6.07) is 0. The number of esters is 1. The summed E-state index contributed by atoms with van der Waals surface area (Å²) >= 11 is 0. The highest BCUT2D eigenvalue weighted by Crippen LogP contribution is 2.53. The lowest BCUT2D eigenvalue weighted by molar-refractivity contribution is -0.151. The van der Waals surface area contributed by atoms with Gasteiger partial charge in [0.2, 0.25) is 5.91 Å². The predicted octanol–water partition coefficient (Wildman–Crippen LogP) is -0.163. The third-order valence-electron chi connectivity index (χ3n) is 2.29. The Bertz CT molecular complexity index is 249. The molecule has 2 N–H and O–H groups in total. The van der Waals surface area contributed by atoms with Gasteiger partial charge in [0.05, 0.1) is 7.11 Å². The summed E-state index contributed by atoms with van der Waals surface area (Å²) in [5.74, 6) is -1.33. The Morgan fingerprint density at radius 1 is 1.75 bits per heavy atom. The molecular formula is C8H11NO3. The van der Waals surface area contributed by atoms with E-state index >= 15 is 0 Å². The Labute approximate surface area is 70.4 Å². The number of hydrogen-bond acceptors (Lipinski definition) is 3. The van der Waals surface area contributed by atoms with Crippen LogP contribution in [-0.2, 0) is 14.3 Å². The van der Waals surface area contributed by atoms with Crippen LogP contribution in [0.4, 0.5) is 0 Å². The van der Waals surface area contributed by atoms with Crippen molar-refractivity contribution in [3.8, 4) is 0 Å². The van der Waals surface area contributed by atoms with E-state index in [1.54, 1.807) is 6.08 Å². The molecule has 0 radical (unpaired) electrons. The second kappa shape index (κ2) is 2.62. The van der Waals surface area contributed by atoms with Crippen molar-refractivity contribution in [3.63, 3.8) is 0 Å². The molecule has 0 saturated heterocycles. The highest BCUT2D eigenvalue weighted by molar-refractivity contribution is 6.05. The summed E-state index contributed by atoms with van der Waals surface area (Å²) in [6.07, 6.45) is 1.99. The van der Waals surface area contributed by atoms with Gasteiger partial charge in [0.1, 0.15) is 0 Å². The highest BCUT2D eigenvalue weighted by Gasteiger charge is 2.64. The van der Waals surface area contributed by atoms with Gasteiger partial charge >= 0.3 is 5.97 Å². The van der Waals surface area contributed by atoms with Crippen LogP contribution in [-0.4, -0.2) is 19.0 Å². The van der Waals surface area contributed by atoms with Crippen LogP contribution < -0.4 is 5.73 Å². The minimum Gasteiger partial charge on any atom is -0.468 e. The summed E-state index contributed by atoms with van der Waals surface area (Å²) in [4.78, 5) is 22.1. The fourth-order valence-electron chi connectivity index (χ4n) is 1.37. The van der Waals surface area contributed by atoms with Crippen molar-refractivity contribution in [2.45, 2.75) is 6.42 Å². The molecule has 1 rings (SSSR count). The van der Waals surface area contributed by atoms with Gasteiger partial charge in [-0.05, 0) is 6.42 Å². The van der Waals surface area contributed by atoms with Crippen LogP contribution in [0, 0.1) is 11.3 Å². The molecule has 1 fully saturated rings. The zero-order valence-electron chi connectivity index (χ0n) is 6.87. The van der Waals surface area contributed by atoms with E-state index in [4.69, 9.17) is 5.73 Å². The molecule has 66 valence electrons. The summed E-state index contributed by atoms with van der Waals surface area (Å²) in [7, 11) is 1.24. The fourth-order valence-corrected chi connectivity index (χ4v) is 1.37. The normalized spacial score (nSPS) is 32.2. The van der Waals surface area contributed by atoms with Gasteiger partial charge < -0.3 is 10.5 Å². The average molecular weight is 169 g/mol. The monoisotopic (exact) mass is 169 g/mol. The maximum atomic E-state index is 11.1. The first kappa shape index (κ1) is 8.77. The van der Waals surface area contributed by atoms with Gasteiger partial charge in [-0.2, -0.15) is 0 Å². The van der Waals surface area contributed by atoms with E-state index in [1.807, 2.05) is 0 Å². The lowest BCUT2D eigenvalue weighted by atomic mass is 10.0. The summed E-state index contributed by atoms with van der Waals surface area (Å²) < 4.78 is 4.48. The number of ether oxygens (including phenoxy) is 1. The number of rotatable bonds is 3. The molecule has 12 heavy (non-hydrogen) atoms. The maximum absolute atomic E-state index is 11.1. The van der Waals surface area contributed by atoms with E-state index in [9.17, 15) is 9.59 Å². The zero-order valence-corrected chi connectivity index (χ0v) is 6.87. The number of primary amides is 1. The topological polar surface area (TPSA) is 69.4 Å². The average Bonchev–Trinajstić information content (AvgIpc) is 2.78. The molecule has 1 aliphatic carbocycles. The van der Waals surface area contributed by atoms with Crippen LogP contribution >= 0.6 is 0 Å². The largest absolute Gasteiger partial charge is 0.468 e. The van der Waals surface area contributed by atoms with Gasteiger partial charge in [0, 0.05) is 5.92 Å². The van der Waals surface area contributed by atoms with Crippen LogP contribution in [0.15, 0.2) is 12.7 Å². The highest BCUT2D eigenvalue weighted by atomic mass is 16.5. The van der Waals surface area contributed by atoms with Crippen molar-refractivity contribution in [1.29, 1.82) is 0 Å². The van der Waals surface area contributed by atoms with Gasteiger partial charge in [-0.1, -0.05) is 6.08 Å². The SMILES string of the molecule is C=C[C@H]1C[C@@]1(C(N)=O)C(=O)OC. The number of carbonyl (C=O) groups is 2. The molecule has 0 aliphatic heterocycles. The quantitative estimate of drug-likeness (QED) is 0.362. The number of carbonyl (C=O) groups excluding carboxylic acids is 2. The van der Waals surface area contributed by atoms with Crippen molar-refractivity contribution in [1.82, 2.24) is 0 Å². The molecule has 1 aliphatic rings. The summed E-state index contributed by atoms with van der Waals surface area (Å²) in [6.45, 7) is 3.50. The van der Waals surface area contributed by atoms with Crippen molar-refractivity contribution >= 4 is 11.9 Å². The Balaban J connectivity index is 2.85. The molecule has 1 saturated carbocycles. The van der Waals surface area contributed by atoms with Crippen LogP contribution in [0.3, 0.4) is 0 Å². The second-order valence-corrected chi connectivity index (χ2v) is 2.87. The predicted molar refractivity (Wildman–Crippen MR) is 41.9 cm³/mol. The number of amides is 1. The van der Waals surface area contributed by atoms with E-state index in [1.165, 1.54) is 7.11 Å². The van der Waals surface area contributed by atoms with Crippen LogP contribution in [0.25, 0.3) is 0 Å². The van der Waals surface area contributed by atoms with Gasteiger partial charge in [0.15, 0.2) is 5.41 Å². The van der Waals surface area contributed by atoms with E-state index in [2.05, 4.69) is 11.3 Å². The van der Waals surface area contributed by atoms with Gasteiger partial charge in [-0.3, -0.25) is 9.59 Å². The van der Waals surface area contributed by atoms with Crippen molar-refractivity contribution in [3.05, 3.63) is 12.7 Å². The molecule has 4 nitrogen and oxygen atoms in total. The standard InChI is InChI=1S/C8H11NO3/c1-3-5-4-8(5,6(9)10)7(11)12-2/h3,5H,1,4H2,2H3,(H2,9,10)/t5-,8+/m0/s1. The Morgan fingerprint density at radius 3 is 2.58 bits per heavy atom. The molecule has 2 atom stereocenters. The smallest absolute Gasteiger partial charge is 0.321 e. The Hall–Kier alpha value is -1.32. The van der Waals surface area contributed by atoms with Crippen LogP contribution in [0.5, 0.6) is 0 Å². The molecule has 1 amide bonds. The molecule has 0 aromatic carbocycles. The van der Waals surface area contributed by atoms with E-state index in [0.29, 0.717) is 6.42 Å². The van der Waals surface area contributed by atoms with E-state index in [0.717, 1.165) is 0 Å². The molecule has 4 heteroatoms. The molecule has 0 spiro atoms. The van der Waals surface area contributed by atoms with Crippen molar-refractivity contribution < 1.29 is 14.3 Å². The molecule has 0 heterocycles. The van der Waals surface area contributed by atoms with Gasteiger partial charge in [0.25, 0.3) is 0 Å². The van der Waals surface area contributed by atoms with E-state index in [-0.39, 0.29) is 5.92 Å². The minimum absolute atomic E-state index is 0.151. The number of allylic oxidation sites excluding steroid dienone is 1. The Kier molecular flexibility index (Phi) is 1.92. The molecular weight excluding hydrogens is 158 g/mol. The summed E-state index contributed by atoms with van der Waals surface area (Å²) in [5, 5.41) is 0. The van der Waals surface area contributed by atoms with Crippen LogP contribution in [0.2, 0.25) is 0 Å². The van der Waals surface area contributed by atoms with Crippen molar-refractivity contribution in [2.75, 3.05) is 7.11 Å². The first-order chi connectivity index (χ1) is 5.59. The van der Waals surface area contributed by atoms with Crippen LogP contribution in [0.1, 0.15) is 6.42 Å². The number of methoxy groups -OCH3 is 1. The van der Waals surface area contributed by atoms with E-state index < -0.39 is 17.3 Å². The first-order valence-electron chi connectivity index (χ1n) is 3.60. The van der Waals surface area contributed by atoms with Crippen molar-refractivity contribution in [2.24, 2.45) is 17.1 Å².